The molecule has 0 atom stereocenters. The van der Waals surface area contributed by atoms with Gasteiger partial charge in [-0.3, -0.25) is 0 Å². The Bertz CT molecular complexity index is 1320. The Morgan fingerprint density at radius 2 is 1.47 bits per heavy atom. The minimum Gasteiger partial charge on any atom is -0.457 e. The Morgan fingerprint density at radius 3 is 2.06 bits per heavy atom. The smallest absolute Gasteiger partial charge is 0.334 e. The van der Waals surface area contributed by atoms with Gasteiger partial charge in [-0.2, -0.15) is 0 Å². The van der Waals surface area contributed by atoms with E-state index in [9.17, 15) is 9.18 Å². The lowest BCUT2D eigenvalue weighted by atomic mass is 10.1. The summed E-state index contributed by atoms with van der Waals surface area (Å²) in [6, 6.07) is 24.3. The molecule has 4 rings (SSSR count). The molecule has 0 N–H and O–H groups in total. The summed E-state index contributed by atoms with van der Waals surface area (Å²) in [6.07, 6.45) is 0. The fourth-order valence-electron chi connectivity index (χ4n) is 3.50. The zero-order valence-electron chi connectivity index (χ0n) is 19.2. The van der Waals surface area contributed by atoms with Crippen LogP contribution >= 0.6 is 46.1 Å². The van der Waals surface area contributed by atoms with Gasteiger partial charge in [0.05, 0.1) is 27.9 Å². The van der Waals surface area contributed by atoms with Crippen molar-refractivity contribution in [1.82, 2.24) is 9.88 Å². The van der Waals surface area contributed by atoms with Gasteiger partial charge in [0.2, 0.25) is 0 Å². The van der Waals surface area contributed by atoms with E-state index in [4.69, 9.17) is 27.9 Å². The summed E-state index contributed by atoms with van der Waals surface area (Å²) < 4.78 is 20.3. The van der Waals surface area contributed by atoms with E-state index in [0.717, 1.165) is 11.1 Å². The number of amides is 2. The molecular formula is C27H21Cl2FIN3O2. The van der Waals surface area contributed by atoms with Crippen molar-refractivity contribution in [3.63, 3.8) is 0 Å². The lowest BCUT2D eigenvalue weighted by Gasteiger charge is -2.28. The molecule has 0 aliphatic carbocycles. The molecule has 5 nitrogen and oxygen atoms in total. The fourth-order valence-corrected chi connectivity index (χ4v) is 5.28. The van der Waals surface area contributed by atoms with Crippen molar-refractivity contribution in [2.75, 3.05) is 3.11 Å². The van der Waals surface area contributed by atoms with E-state index < -0.39 is 0 Å². The lowest BCUT2D eigenvalue weighted by Crippen LogP contribution is -2.37. The van der Waals surface area contributed by atoms with E-state index in [2.05, 4.69) is 4.98 Å². The number of aromatic nitrogens is 1. The molecule has 0 aliphatic heterocycles. The van der Waals surface area contributed by atoms with Gasteiger partial charge in [0.1, 0.15) is 23.0 Å². The number of nitrogens with zero attached hydrogens (tertiary/aromatic N) is 3. The summed E-state index contributed by atoms with van der Waals surface area (Å²) in [5.74, 6) is 0.811. The van der Waals surface area contributed by atoms with Crippen molar-refractivity contribution in [3.05, 3.63) is 118 Å². The van der Waals surface area contributed by atoms with Gasteiger partial charge in [-0.05, 0) is 60.5 Å². The maximum atomic E-state index is 13.6. The highest BCUT2D eigenvalue weighted by molar-refractivity contribution is 14.1. The highest BCUT2D eigenvalue weighted by atomic mass is 127. The third-order valence-electron chi connectivity index (χ3n) is 5.23. The molecule has 184 valence electrons. The van der Waals surface area contributed by atoms with Crippen molar-refractivity contribution in [2.24, 2.45) is 0 Å². The number of halogens is 4. The number of pyridine rings is 1. The quantitative estimate of drug-likeness (QED) is 0.116. The number of ether oxygens (including phenoxy) is 1. The van der Waals surface area contributed by atoms with Crippen molar-refractivity contribution in [1.29, 1.82) is 0 Å². The van der Waals surface area contributed by atoms with Crippen molar-refractivity contribution in [2.45, 2.75) is 20.0 Å². The Balaban J connectivity index is 1.55. The summed E-state index contributed by atoms with van der Waals surface area (Å²) in [5.41, 5.74) is 2.88. The van der Waals surface area contributed by atoms with Gasteiger partial charge in [0, 0.05) is 18.8 Å². The first-order valence-electron chi connectivity index (χ1n) is 10.9. The molecule has 0 saturated heterocycles. The van der Waals surface area contributed by atoms with Crippen LogP contribution < -0.4 is 7.85 Å². The van der Waals surface area contributed by atoms with E-state index in [1.54, 1.807) is 30.0 Å². The number of hydrogen-bond donors (Lipinski definition) is 0. The van der Waals surface area contributed by atoms with Crippen LogP contribution in [0.5, 0.6) is 11.5 Å². The van der Waals surface area contributed by atoms with Crippen LogP contribution in [0.3, 0.4) is 0 Å². The highest BCUT2D eigenvalue weighted by Gasteiger charge is 2.26. The van der Waals surface area contributed by atoms with Gasteiger partial charge in [0.25, 0.3) is 0 Å². The summed E-state index contributed by atoms with van der Waals surface area (Å²) in [6.45, 7) is 2.49. The van der Waals surface area contributed by atoms with E-state index in [1.807, 2.05) is 77.5 Å². The number of carbonyl (C=O) groups is 1. The Kier molecular flexibility index (Phi) is 8.66. The standard InChI is InChI=1S/C27H21Cl2FIN3O2/c1-18-15-24(28)25(26(29)32-18)34(31)27(35)33(16-19-5-3-2-4-6-19)17-20-7-11-22(12-8-20)36-23-13-9-21(30)10-14-23/h2-15H,16-17H2,1H3. The molecule has 1 aromatic heterocycles. The van der Waals surface area contributed by atoms with Gasteiger partial charge in [-0.15, -0.1) is 0 Å². The largest absolute Gasteiger partial charge is 0.457 e. The normalized spacial score (nSPS) is 10.7. The van der Waals surface area contributed by atoms with Crippen LogP contribution in [0.2, 0.25) is 10.2 Å². The summed E-state index contributed by atoms with van der Waals surface area (Å²) >= 11 is 14.7. The summed E-state index contributed by atoms with van der Waals surface area (Å²) in [4.78, 5) is 19.6. The molecule has 0 bridgehead atoms. The minimum atomic E-state index is -0.325. The molecule has 1 heterocycles. The van der Waals surface area contributed by atoms with Crippen LogP contribution in [-0.4, -0.2) is 15.9 Å². The second-order valence-corrected chi connectivity index (χ2v) is 9.72. The van der Waals surface area contributed by atoms with Crippen molar-refractivity contribution in [3.8, 4) is 11.5 Å². The molecule has 36 heavy (non-hydrogen) atoms. The fraction of sp³-hybridized carbons (Fsp3) is 0.111. The zero-order valence-corrected chi connectivity index (χ0v) is 22.8. The van der Waals surface area contributed by atoms with Gasteiger partial charge < -0.3 is 9.64 Å². The molecule has 0 aliphatic rings. The Morgan fingerprint density at radius 1 is 0.917 bits per heavy atom. The Labute approximate surface area is 232 Å². The molecule has 0 unspecified atom stereocenters. The molecule has 3 aromatic carbocycles. The minimum absolute atomic E-state index is 0.157. The first-order valence-corrected chi connectivity index (χ1v) is 12.7. The molecule has 4 aromatic rings. The topological polar surface area (TPSA) is 45.7 Å². The molecule has 2 amide bonds. The molecule has 0 fully saturated rings. The monoisotopic (exact) mass is 635 g/mol. The van der Waals surface area contributed by atoms with Crippen molar-refractivity contribution < 1.29 is 13.9 Å². The van der Waals surface area contributed by atoms with Gasteiger partial charge in [0.15, 0.2) is 5.15 Å². The second-order valence-electron chi connectivity index (χ2n) is 7.99. The van der Waals surface area contributed by atoms with E-state index in [0.29, 0.717) is 41.0 Å². The number of carbonyl (C=O) groups excluding carboxylic acids is 1. The van der Waals surface area contributed by atoms with Crippen LogP contribution in [-0.2, 0) is 13.1 Å². The van der Waals surface area contributed by atoms with Crippen LogP contribution in [0.4, 0.5) is 14.9 Å². The average molecular weight is 636 g/mol. The molecular weight excluding hydrogens is 615 g/mol. The first-order chi connectivity index (χ1) is 17.3. The molecule has 0 radical (unpaired) electrons. The number of rotatable bonds is 7. The molecule has 0 saturated carbocycles. The van der Waals surface area contributed by atoms with Crippen LogP contribution in [0, 0.1) is 12.7 Å². The van der Waals surface area contributed by atoms with Gasteiger partial charge in [-0.25, -0.2) is 17.3 Å². The predicted octanol–water partition coefficient (Wildman–Crippen LogP) is 8.61. The third-order valence-corrected chi connectivity index (χ3v) is 6.68. The number of benzene rings is 3. The maximum Gasteiger partial charge on any atom is 0.334 e. The maximum absolute atomic E-state index is 13.6. The first kappa shape index (κ1) is 26.2. The van der Waals surface area contributed by atoms with Crippen LogP contribution in [0.25, 0.3) is 0 Å². The third kappa shape index (κ3) is 6.66. The van der Waals surface area contributed by atoms with Crippen molar-refractivity contribution >= 4 is 57.8 Å². The van der Waals surface area contributed by atoms with E-state index in [1.165, 1.54) is 15.2 Å². The molecule has 9 heteroatoms. The van der Waals surface area contributed by atoms with Gasteiger partial charge in [-0.1, -0.05) is 65.7 Å². The second kappa shape index (κ2) is 11.9. The van der Waals surface area contributed by atoms with E-state index >= 15 is 0 Å². The van der Waals surface area contributed by atoms with Crippen LogP contribution in [0.15, 0.2) is 84.9 Å². The predicted molar refractivity (Wildman–Crippen MR) is 149 cm³/mol. The SMILES string of the molecule is Cc1cc(Cl)c(N(I)C(=O)N(Cc2ccccc2)Cc2ccc(Oc3ccc(F)cc3)cc2)c(Cl)n1. The summed E-state index contributed by atoms with van der Waals surface area (Å²) in [5, 5.41) is 0.502. The zero-order chi connectivity index (χ0) is 25.7. The van der Waals surface area contributed by atoms with Gasteiger partial charge >= 0.3 is 6.03 Å². The average Bonchev–Trinajstić information content (AvgIpc) is 2.85. The summed E-state index contributed by atoms with van der Waals surface area (Å²) in [7, 11) is 0. The lowest BCUT2D eigenvalue weighted by molar-refractivity contribution is 0.204. The number of urea groups is 1. The van der Waals surface area contributed by atoms with Crippen LogP contribution in [0.1, 0.15) is 16.8 Å². The Hall–Kier alpha value is -2.88. The number of aryl methyl sites for hydroxylation is 1. The highest BCUT2D eigenvalue weighted by Crippen LogP contribution is 2.36. The number of hydrogen-bond acceptors (Lipinski definition) is 3. The van der Waals surface area contributed by atoms with E-state index in [-0.39, 0.29) is 17.0 Å². The molecule has 0 spiro atoms. The number of anilines is 1.